The molecule has 0 fully saturated rings. The van der Waals surface area contributed by atoms with E-state index in [0.29, 0.717) is 5.56 Å². The van der Waals surface area contributed by atoms with Gasteiger partial charge in [0.1, 0.15) is 0 Å². The Morgan fingerprint density at radius 3 is 2.32 bits per heavy atom. The normalized spacial score (nSPS) is 10.1. The van der Waals surface area contributed by atoms with Crippen molar-refractivity contribution >= 4 is 5.97 Å². The molecule has 0 amide bonds. The maximum absolute atomic E-state index is 13.4. The van der Waals surface area contributed by atoms with Gasteiger partial charge in [-0.15, -0.1) is 0 Å². The minimum absolute atomic E-state index is 0.00155. The molecule has 0 unspecified atom stereocenters. The molecule has 2 aromatic carbocycles. The molecule has 22 heavy (non-hydrogen) atoms. The molecule has 0 heterocycles. The van der Waals surface area contributed by atoms with Crippen molar-refractivity contribution in [2.75, 3.05) is 0 Å². The Morgan fingerprint density at radius 1 is 1.09 bits per heavy atom. The summed E-state index contributed by atoms with van der Waals surface area (Å²) in [5, 5.41) is 0. The zero-order chi connectivity index (χ0) is 16.3. The Kier molecular flexibility index (Phi) is 4.41. The van der Waals surface area contributed by atoms with Crippen LogP contribution < -0.4 is 4.74 Å². The average molecular weight is 309 g/mol. The van der Waals surface area contributed by atoms with Crippen molar-refractivity contribution in [3.05, 3.63) is 76.1 Å². The number of rotatable bonds is 3. The van der Waals surface area contributed by atoms with Crippen LogP contribution in [0.3, 0.4) is 0 Å². The van der Waals surface area contributed by atoms with E-state index in [1.54, 1.807) is 6.07 Å². The fourth-order valence-corrected chi connectivity index (χ4v) is 1.68. The molecule has 2 rings (SSSR count). The second kappa shape index (κ2) is 6.26. The van der Waals surface area contributed by atoms with Crippen LogP contribution in [0.4, 0.5) is 17.6 Å². The van der Waals surface area contributed by atoms with Gasteiger partial charge in [0.2, 0.25) is 23.9 Å². The highest BCUT2D eigenvalue weighted by Gasteiger charge is 2.23. The highest BCUT2D eigenvalue weighted by Crippen LogP contribution is 2.27. The zero-order valence-electron chi connectivity index (χ0n) is 10.9. The van der Waals surface area contributed by atoms with Crippen LogP contribution in [0.25, 0.3) is 4.85 Å². The topological polar surface area (TPSA) is 30.7 Å². The van der Waals surface area contributed by atoms with Crippen LogP contribution in [-0.2, 0) is 6.54 Å². The van der Waals surface area contributed by atoms with Crippen molar-refractivity contribution in [3.63, 3.8) is 0 Å². The molecule has 0 radical (unpaired) electrons. The smallest absolute Gasteiger partial charge is 0.343 e. The van der Waals surface area contributed by atoms with Crippen LogP contribution in [0.15, 0.2) is 30.3 Å². The number of hydrogen-bond acceptors (Lipinski definition) is 2. The SMILES string of the molecule is [C-]#[N+]Cc1cccc(C(=O)Oc2c(F)c(F)cc(F)c2F)c1. The molecule has 2 aromatic rings. The lowest BCUT2D eigenvalue weighted by Gasteiger charge is -2.08. The minimum Gasteiger partial charge on any atom is -0.416 e. The third kappa shape index (κ3) is 3.06. The number of carbonyl (C=O) groups excluding carboxylic acids is 1. The van der Waals surface area contributed by atoms with E-state index < -0.39 is 35.0 Å². The van der Waals surface area contributed by atoms with Gasteiger partial charge in [-0.1, -0.05) is 12.1 Å². The number of carbonyl (C=O) groups is 1. The molecule has 0 aliphatic carbocycles. The molecule has 0 aliphatic heterocycles. The molecule has 0 saturated carbocycles. The minimum atomic E-state index is -1.80. The fourth-order valence-electron chi connectivity index (χ4n) is 1.68. The Balaban J connectivity index is 2.34. The van der Waals surface area contributed by atoms with Crippen LogP contribution in [0.5, 0.6) is 5.75 Å². The first-order chi connectivity index (χ1) is 10.4. The molecule has 0 spiro atoms. The summed E-state index contributed by atoms with van der Waals surface area (Å²) in [5.41, 5.74) is 0.375. The Morgan fingerprint density at radius 2 is 1.73 bits per heavy atom. The summed E-state index contributed by atoms with van der Waals surface area (Å²) in [7, 11) is 0. The second-order valence-corrected chi connectivity index (χ2v) is 4.20. The van der Waals surface area contributed by atoms with E-state index in [1.807, 2.05) is 0 Å². The highest BCUT2D eigenvalue weighted by atomic mass is 19.2. The van der Waals surface area contributed by atoms with Gasteiger partial charge in [-0.2, -0.15) is 8.78 Å². The molecule has 0 aliphatic rings. The summed E-state index contributed by atoms with van der Waals surface area (Å²) in [6.45, 7) is 6.73. The fraction of sp³-hybridized carbons (Fsp3) is 0.0667. The van der Waals surface area contributed by atoms with Crippen molar-refractivity contribution < 1.29 is 27.1 Å². The molecule has 0 bridgehead atoms. The number of nitrogens with zero attached hydrogens (tertiary/aromatic N) is 1. The van der Waals surface area contributed by atoms with E-state index in [1.165, 1.54) is 18.2 Å². The average Bonchev–Trinajstić information content (AvgIpc) is 2.50. The van der Waals surface area contributed by atoms with E-state index in [0.717, 1.165) is 0 Å². The van der Waals surface area contributed by atoms with Gasteiger partial charge in [-0.3, -0.25) is 0 Å². The molecule has 0 saturated heterocycles. The maximum atomic E-state index is 13.4. The quantitative estimate of drug-likeness (QED) is 0.283. The molecule has 0 atom stereocenters. The predicted octanol–water partition coefficient (Wildman–Crippen LogP) is 3.88. The van der Waals surface area contributed by atoms with Gasteiger partial charge in [0.25, 0.3) is 0 Å². The van der Waals surface area contributed by atoms with Gasteiger partial charge in [0.15, 0.2) is 11.6 Å². The van der Waals surface area contributed by atoms with Crippen LogP contribution >= 0.6 is 0 Å². The summed E-state index contributed by atoms with van der Waals surface area (Å²) in [6, 6.07) is 5.58. The third-order valence-corrected chi connectivity index (χ3v) is 2.69. The van der Waals surface area contributed by atoms with E-state index in [-0.39, 0.29) is 18.2 Å². The summed E-state index contributed by atoms with van der Waals surface area (Å²) in [6.07, 6.45) is 0. The van der Waals surface area contributed by atoms with Gasteiger partial charge < -0.3 is 9.58 Å². The van der Waals surface area contributed by atoms with Crippen LogP contribution in [0.1, 0.15) is 15.9 Å². The molecular formula is C15H7F4NO2. The summed E-state index contributed by atoms with van der Waals surface area (Å²) < 4.78 is 57.3. The van der Waals surface area contributed by atoms with E-state index in [9.17, 15) is 22.4 Å². The first-order valence-corrected chi connectivity index (χ1v) is 5.91. The number of benzene rings is 2. The predicted molar refractivity (Wildman–Crippen MR) is 68.0 cm³/mol. The van der Waals surface area contributed by atoms with Crippen LogP contribution in [0.2, 0.25) is 0 Å². The molecule has 0 aromatic heterocycles. The van der Waals surface area contributed by atoms with Crippen molar-refractivity contribution in [2.45, 2.75) is 6.54 Å². The third-order valence-electron chi connectivity index (χ3n) is 2.69. The standard InChI is InChI=1S/C15H7F4NO2/c1-20-7-8-3-2-4-9(5-8)15(21)22-14-12(18)10(16)6-11(17)13(14)19/h2-6H,7H2. The highest BCUT2D eigenvalue weighted by molar-refractivity contribution is 5.91. The van der Waals surface area contributed by atoms with E-state index in [2.05, 4.69) is 9.58 Å². The number of esters is 1. The van der Waals surface area contributed by atoms with Gasteiger partial charge in [0, 0.05) is 11.6 Å². The summed E-state index contributed by atoms with van der Waals surface area (Å²) in [4.78, 5) is 14.9. The monoisotopic (exact) mass is 309 g/mol. The number of halogens is 4. The Labute approximate surface area is 122 Å². The lowest BCUT2D eigenvalue weighted by molar-refractivity contribution is 0.0717. The first kappa shape index (κ1) is 15.5. The van der Waals surface area contributed by atoms with Crippen molar-refractivity contribution in [1.29, 1.82) is 0 Å². The maximum Gasteiger partial charge on any atom is 0.343 e. The lowest BCUT2D eigenvalue weighted by Crippen LogP contribution is -2.12. The van der Waals surface area contributed by atoms with Crippen LogP contribution in [-0.4, -0.2) is 5.97 Å². The van der Waals surface area contributed by atoms with Gasteiger partial charge in [0.05, 0.1) is 5.56 Å². The summed E-state index contributed by atoms with van der Waals surface area (Å²) in [5.74, 6) is -9.60. The number of ether oxygens (including phenoxy) is 1. The number of hydrogen-bond donors (Lipinski definition) is 0. The summed E-state index contributed by atoms with van der Waals surface area (Å²) >= 11 is 0. The van der Waals surface area contributed by atoms with Crippen molar-refractivity contribution in [3.8, 4) is 5.75 Å². The zero-order valence-corrected chi connectivity index (χ0v) is 10.9. The molecule has 112 valence electrons. The van der Waals surface area contributed by atoms with E-state index in [4.69, 9.17) is 6.57 Å². The Bertz CT molecular complexity index is 758. The largest absolute Gasteiger partial charge is 0.416 e. The lowest BCUT2D eigenvalue weighted by atomic mass is 10.1. The van der Waals surface area contributed by atoms with Gasteiger partial charge in [-0.25, -0.2) is 20.1 Å². The molecule has 7 heteroatoms. The van der Waals surface area contributed by atoms with Crippen molar-refractivity contribution in [1.82, 2.24) is 0 Å². The van der Waals surface area contributed by atoms with Gasteiger partial charge in [-0.05, 0) is 12.1 Å². The molecular weight excluding hydrogens is 302 g/mol. The van der Waals surface area contributed by atoms with Crippen LogP contribution in [0, 0.1) is 29.8 Å². The second-order valence-electron chi connectivity index (χ2n) is 4.20. The Hall–Kier alpha value is -2.88. The first-order valence-electron chi connectivity index (χ1n) is 5.91. The van der Waals surface area contributed by atoms with E-state index >= 15 is 0 Å². The van der Waals surface area contributed by atoms with Crippen molar-refractivity contribution in [2.24, 2.45) is 0 Å². The molecule has 3 nitrogen and oxygen atoms in total. The molecule has 0 N–H and O–H groups in total. The van der Waals surface area contributed by atoms with Gasteiger partial charge >= 0.3 is 5.97 Å².